The molecule has 70 valence electrons. The van der Waals surface area contributed by atoms with Gasteiger partial charge in [0, 0.05) is 20.0 Å². The molecule has 0 amide bonds. The van der Waals surface area contributed by atoms with Crippen LogP contribution in [0.5, 0.6) is 0 Å². The van der Waals surface area contributed by atoms with E-state index in [0.717, 1.165) is 0 Å². The number of carbonyl (C=O) groups excluding carboxylic acids is 1. The number of carboxylic acids is 1. The van der Waals surface area contributed by atoms with Crippen LogP contribution in [0.3, 0.4) is 0 Å². The number of rotatable bonds is 6. The molecule has 1 N–H and O–H groups in total. The first-order valence-electron chi connectivity index (χ1n) is 3.80. The normalized spacial score (nSPS) is 12.5. The third-order valence-corrected chi connectivity index (χ3v) is 1.53. The van der Waals surface area contributed by atoms with Gasteiger partial charge in [-0.2, -0.15) is 0 Å². The van der Waals surface area contributed by atoms with Gasteiger partial charge in [-0.15, -0.1) is 0 Å². The van der Waals surface area contributed by atoms with Crippen LogP contribution < -0.4 is 0 Å². The summed E-state index contributed by atoms with van der Waals surface area (Å²) in [6.45, 7) is 1.47. The zero-order valence-electron chi connectivity index (χ0n) is 7.37. The van der Waals surface area contributed by atoms with Crippen LogP contribution >= 0.6 is 0 Å². The van der Waals surface area contributed by atoms with Crippen molar-refractivity contribution in [3.63, 3.8) is 0 Å². The van der Waals surface area contributed by atoms with Gasteiger partial charge in [-0.05, 0) is 13.3 Å². The van der Waals surface area contributed by atoms with E-state index in [2.05, 4.69) is 0 Å². The van der Waals surface area contributed by atoms with Gasteiger partial charge in [-0.3, -0.25) is 9.59 Å². The Balaban J connectivity index is 3.67. The van der Waals surface area contributed by atoms with Crippen molar-refractivity contribution in [3.8, 4) is 0 Å². The lowest BCUT2D eigenvalue weighted by atomic mass is 10.1. The molecule has 0 aliphatic heterocycles. The first-order valence-corrected chi connectivity index (χ1v) is 3.80. The van der Waals surface area contributed by atoms with E-state index in [-0.39, 0.29) is 18.3 Å². The van der Waals surface area contributed by atoms with E-state index < -0.39 is 5.97 Å². The summed E-state index contributed by atoms with van der Waals surface area (Å²) in [4.78, 5) is 20.8. The van der Waals surface area contributed by atoms with Crippen LogP contribution in [0.2, 0.25) is 0 Å². The van der Waals surface area contributed by atoms with Crippen LogP contribution in [0.1, 0.15) is 26.2 Å². The fourth-order valence-electron chi connectivity index (χ4n) is 0.908. The van der Waals surface area contributed by atoms with Crippen molar-refractivity contribution in [2.75, 3.05) is 7.11 Å². The molecule has 1 atom stereocenters. The second kappa shape index (κ2) is 5.71. The van der Waals surface area contributed by atoms with Gasteiger partial charge in [0.15, 0.2) is 0 Å². The highest BCUT2D eigenvalue weighted by Gasteiger charge is 2.11. The van der Waals surface area contributed by atoms with Gasteiger partial charge in [0.05, 0.1) is 6.10 Å². The van der Waals surface area contributed by atoms with Gasteiger partial charge >= 0.3 is 5.97 Å². The lowest BCUT2D eigenvalue weighted by Gasteiger charge is -2.11. The Hall–Kier alpha value is -0.900. The standard InChI is InChI=1S/C8H14O4/c1-6(9)5-7(12-2)3-4-8(10)11/h7H,3-5H2,1-2H3,(H,10,11). The van der Waals surface area contributed by atoms with Crippen molar-refractivity contribution in [2.45, 2.75) is 32.3 Å². The molecular weight excluding hydrogens is 160 g/mol. The van der Waals surface area contributed by atoms with Gasteiger partial charge in [-0.25, -0.2) is 0 Å². The van der Waals surface area contributed by atoms with Crippen molar-refractivity contribution < 1.29 is 19.4 Å². The fraction of sp³-hybridized carbons (Fsp3) is 0.750. The van der Waals surface area contributed by atoms with Crippen LogP contribution in [0.4, 0.5) is 0 Å². The average Bonchev–Trinajstić information content (AvgIpc) is 1.97. The molecule has 0 saturated heterocycles. The molecule has 0 radical (unpaired) electrons. The maximum Gasteiger partial charge on any atom is 0.303 e. The molecule has 0 aromatic carbocycles. The van der Waals surface area contributed by atoms with Crippen LogP contribution in [-0.4, -0.2) is 30.1 Å². The average molecular weight is 174 g/mol. The molecule has 4 nitrogen and oxygen atoms in total. The lowest BCUT2D eigenvalue weighted by molar-refractivity contribution is -0.138. The Morgan fingerprint density at radius 1 is 1.50 bits per heavy atom. The van der Waals surface area contributed by atoms with Crippen molar-refractivity contribution in [3.05, 3.63) is 0 Å². The highest BCUT2D eigenvalue weighted by atomic mass is 16.5. The largest absolute Gasteiger partial charge is 0.481 e. The lowest BCUT2D eigenvalue weighted by Crippen LogP contribution is -2.16. The minimum Gasteiger partial charge on any atom is -0.481 e. The highest BCUT2D eigenvalue weighted by molar-refractivity contribution is 5.76. The molecule has 0 bridgehead atoms. The highest BCUT2D eigenvalue weighted by Crippen LogP contribution is 2.06. The van der Waals surface area contributed by atoms with Crippen molar-refractivity contribution >= 4 is 11.8 Å². The molecular formula is C8H14O4. The molecule has 0 rings (SSSR count). The smallest absolute Gasteiger partial charge is 0.303 e. The molecule has 0 aromatic rings. The number of methoxy groups -OCH3 is 1. The first-order chi connectivity index (χ1) is 5.56. The molecule has 0 aliphatic rings. The van der Waals surface area contributed by atoms with Crippen LogP contribution in [-0.2, 0) is 14.3 Å². The Kier molecular flexibility index (Phi) is 5.28. The fourth-order valence-corrected chi connectivity index (χ4v) is 0.908. The number of hydrogen-bond donors (Lipinski definition) is 1. The number of Topliss-reactive ketones (excluding diaryl/α,β-unsaturated/α-hetero) is 1. The summed E-state index contributed by atoms with van der Waals surface area (Å²) in [7, 11) is 1.48. The molecule has 0 fully saturated rings. The van der Waals surface area contributed by atoms with Gasteiger partial charge in [0.25, 0.3) is 0 Å². The van der Waals surface area contributed by atoms with Crippen LogP contribution in [0, 0.1) is 0 Å². The molecule has 0 saturated carbocycles. The SMILES string of the molecule is COC(CCC(=O)O)CC(C)=O. The number of carboxylic acid groups (broad SMARTS) is 1. The molecule has 12 heavy (non-hydrogen) atoms. The van der Waals surface area contributed by atoms with Crippen LogP contribution in [0.25, 0.3) is 0 Å². The molecule has 0 aliphatic carbocycles. The van der Waals surface area contributed by atoms with Gasteiger partial charge in [0.2, 0.25) is 0 Å². The minimum absolute atomic E-state index is 0.0206. The topological polar surface area (TPSA) is 63.6 Å². The zero-order chi connectivity index (χ0) is 9.56. The van der Waals surface area contributed by atoms with E-state index >= 15 is 0 Å². The first kappa shape index (κ1) is 11.1. The Labute approximate surface area is 71.5 Å². The summed E-state index contributed by atoms with van der Waals surface area (Å²) in [5.74, 6) is -0.840. The number of carbonyl (C=O) groups is 2. The van der Waals surface area contributed by atoms with Gasteiger partial charge in [0.1, 0.15) is 5.78 Å². The van der Waals surface area contributed by atoms with Crippen LogP contribution in [0.15, 0.2) is 0 Å². The van der Waals surface area contributed by atoms with Crippen molar-refractivity contribution in [1.82, 2.24) is 0 Å². The Bertz CT molecular complexity index is 164. The van der Waals surface area contributed by atoms with Crippen molar-refractivity contribution in [2.24, 2.45) is 0 Å². The number of hydrogen-bond acceptors (Lipinski definition) is 3. The number of ether oxygens (including phenoxy) is 1. The summed E-state index contributed by atoms with van der Waals surface area (Å²) in [5, 5.41) is 8.35. The van der Waals surface area contributed by atoms with E-state index in [1.807, 2.05) is 0 Å². The quantitative estimate of drug-likeness (QED) is 0.648. The third-order valence-electron chi connectivity index (χ3n) is 1.53. The van der Waals surface area contributed by atoms with E-state index in [9.17, 15) is 9.59 Å². The predicted molar refractivity (Wildman–Crippen MR) is 43.0 cm³/mol. The molecule has 0 heterocycles. The minimum atomic E-state index is -0.861. The third kappa shape index (κ3) is 5.85. The Morgan fingerprint density at radius 3 is 2.42 bits per heavy atom. The van der Waals surface area contributed by atoms with E-state index in [1.54, 1.807) is 0 Å². The van der Waals surface area contributed by atoms with Gasteiger partial charge < -0.3 is 9.84 Å². The Morgan fingerprint density at radius 2 is 2.08 bits per heavy atom. The summed E-state index contributed by atoms with van der Waals surface area (Å²) >= 11 is 0. The second-order valence-corrected chi connectivity index (χ2v) is 2.70. The summed E-state index contributed by atoms with van der Waals surface area (Å²) in [5.41, 5.74) is 0. The summed E-state index contributed by atoms with van der Waals surface area (Å²) in [6.07, 6.45) is 0.486. The van der Waals surface area contributed by atoms with Crippen molar-refractivity contribution in [1.29, 1.82) is 0 Å². The predicted octanol–water partition coefficient (Wildman–Crippen LogP) is 0.845. The summed E-state index contributed by atoms with van der Waals surface area (Å²) in [6, 6.07) is 0. The molecule has 0 aromatic heterocycles. The van der Waals surface area contributed by atoms with E-state index in [0.29, 0.717) is 12.8 Å². The molecule has 4 heteroatoms. The monoisotopic (exact) mass is 174 g/mol. The molecule has 1 unspecified atom stereocenters. The van der Waals surface area contributed by atoms with Gasteiger partial charge in [-0.1, -0.05) is 0 Å². The maximum absolute atomic E-state index is 10.6. The van der Waals surface area contributed by atoms with E-state index in [1.165, 1.54) is 14.0 Å². The number of ketones is 1. The molecule has 0 spiro atoms. The zero-order valence-corrected chi connectivity index (χ0v) is 7.37. The summed E-state index contributed by atoms with van der Waals surface area (Å²) < 4.78 is 4.93. The number of aliphatic carboxylic acids is 1. The second-order valence-electron chi connectivity index (χ2n) is 2.70. The van der Waals surface area contributed by atoms with E-state index in [4.69, 9.17) is 9.84 Å². The maximum atomic E-state index is 10.6.